The molecule has 1 aromatic carbocycles. The van der Waals surface area contributed by atoms with Crippen molar-refractivity contribution in [1.29, 1.82) is 0 Å². The van der Waals surface area contributed by atoms with Gasteiger partial charge in [0.25, 0.3) is 0 Å². The molecule has 0 radical (unpaired) electrons. The maximum Gasteiger partial charge on any atom is 0.417 e. The first kappa shape index (κ1) is 16.5. The van der Waals surface area contributed by atoms with Crippen LogP contribution < -0.4 is 10.5 Å². The van der Waals surface area contributed by atoms with Crippen LogP contribution in [-0.2, 0) is 16.2 Å². The topological polar surface area (TPSA) is 72.2 Å². The van der Waals surface area contributed by atoms with Crippen molar-refractivity contribution >= 4 is 21.6 Å². The quantitative estimate of drug-likeness (QED) is 0.863. The molecular formula is C12H14ClF3N2O2S. The number of hydrogen-bond acceptors (Lipinski definition) is 3. The van der Waals surface area contributed by atoms with Gasteiger partial charge >= 0.3 is 6.18 Å². The van der Waals surface area contributed by atoms with Crippen molar-refractivity contribution in [1.82, 2.24) is 4.72 Å². The van der Waals surface area contributed by atoms with E-state index < -0.39 is 26.7 Å². The first-order valence-electron chi connectivity index (χ1n) is 6.23. The molecule has 2 rings (SSSR count). The summed E-state index contributed by atoms with van der Waals surface area (Å²) in [6, 6.07) is 2.15. The summed E-state index contributed by atoms with van der Waals surface area (Å²) in [4.78, 5) is -0.845. The predicted octanol–water partition coefficient (Wildman–Crippen LogP) is 2.37. The van der Waals surface area contributed by atoms with Gasteiger partial charge in [-0.3, -0.25) is 0 Å². The number of hydrogen-bond donors (Lipinski definition) is 2. The Morgan fingerprint density at radius 2 is 2.00 bits per heavy atom. The summed E-state index contributed by atoms with van der Waals surface area (Å²) in [6.07, 6.45) is -2.98. The number of halogens is 4. The van der Waals surface area contributed by atoms with Crippen molar-refractivity contribution in [2.45, 2.75) is 30.0 Å². The Hall–Kier alpha value is -0.830. The van der Waals surface area contributed by atoms with E-state index >= 15 is 0 Å². The van der Waals surface area contributed by atoms with E-state index in [-0.39, 0.29) is 23.5 Å². The fraction of sp³-hybridized carbons (Fsp3) is 0.500. The zero-order valence-corrected chi connectivity index (χ0v) is 12.4. The molecule has 0 aliphatic heterocycles. The third kappa shape index (κ3) is 4.09. The molecule has 9 heteroatoms. The number of benzene rings is 1. The molecule has 1 unspecified atom stereocenters. The number of nitrogens with two attached hydrogens (primary N) is 1. The van der Waals surface area contributed by atoms with E-state index in [4.69, 9.17) is 17.3 Å². The van der Waals surface area contributed by atoms with Gasteiger partial charge in [-0.25, -0.2) is 13.1 Å². The maximum absolute atomic E-state index is 12.9. The predicted molar refractivity (Wildman–Crippen MR) is 72.3 cm³/mol. The molecule has 0 saturated heterocycles. The molecule has 0 spiro atoms. The standard InChI is InChI=1S/C12H14ClF3N2O2S/c13-8-3-4-11(9(5-8)12(14,15)16)21(19,20)18-6-10(17)7-1-2-7/h3-5,7,10,18H,1-2,6,17H2. The molecule has 1 atom stereocenters. The lowest BCUT2D eigenvalue weighted by molar-refractivity contribution is -0.139. The van der Waals surface area contributed by atoms with Gasteiger partial charge in [-0.05, 0) is 37.0 Å². The minimum atomic E-state index is -4.81. The summed E-state index contributed by atoms with van der Waals surface area (Å²) in [7, 11) is -4.30. The second-order valence-corrected chi connectivity index (χ2v) is 7.16. The van der Waals surface area contributed by atoms with Gasteiger partial charge in [0, 0.05) is 17.6 Å². The monoisotopic (exact) mass is 342 g/mol. The molecule has 1 saturated carbocycles. The highest BCUT2D eigenvalue weighted by Crippen LogP contribution is 2.36. The first-order valence-corrected chi connectivity index (χ1v) is 8.09. The molecule has 1 aliphatic carbocycles. The lowest BCUT2D eigenvalue weighted by Gasteiger charge is -2.16. The van der Waals surface area contributed by atoms with E-state index in [1.54, 1.807) is 0 Å². The van der Waals surface area contributed by atoms with Crippen molar-refractivity contribution in [2.24, 2.45) is 11.7 Å². The molecule has 0 bridgehead atoms. The third-order valence-corrected chi connectivity index (χ3v) is 4.99. The molecule has 1 aliphatic rings. The molecule has 1 aromatic rings. The Morgan fingerprint density at radius 3 is 2.52 bits per heavy atom. The van der Waals surface area contributed by atoms with Crippen LogP contribution in [0, 0.1) is 5.92 Å². The van der Waals surface area contributed by atoms with Gasteiger partial charge < -0.3 is 5.73 Å². The van der Waals surface area contributed by atoms with Crippen LogP contribution in [0.25, 0.3) is 0 Å². The highest BCUT2D eigenvalue weighted by atomic mass is 35.5. The van der Waals surface area contributed by atoms with Crippen LogP contribution >= 0.6 is 11.6 Å². The average molecular weight is 343 g/mol. The van der Waals surface area contributed by atoms with Crippen LogP contribution in [0.3, 0.4) is 0 Å². The number of rotatable bonds is 5. The zero-order valence-electron chi connectivity index (χ0n) is 10.8. The van der Waals surface area contributed by atoms with Crippen molar-refractivity contribution in [3.63, 3.8) is 0 Å². The summed E-state index contributed by atoms with van der Waals surface area (Å²) >= 11 is 5.52. The van der Waals surface area contributed by atoms with E-state index in [1.807, 2.05) is 0 Å². The minimum Gasteiger partial charge on any atom is -0.326 e. The fourth-order valence-corrected chi connectivity index (χ4v) is 3.38. The summed E-state index contributed by atoms with van der Waals surface area (Å²) < 4.78 is 65.0. The Balaban J connectivity index is 2.26. The fourth-order valence-electron chi connectivity index (χ4n) is 1.93. The Bertz CT molecular complexity index is 630. The Kier molecular flexibility index (Phi) is 4.53. The largest absolute Gasteiger partial charge is 0.417 e. The number of alkyl halides is 3. The molecule has 4 nitrogen and oxygen atoms in total. The Labute approximate surface area is 125 Å². The summed E-state index contributed by atoms with van der Waals surface area (Å²) in [5.41, 5.74) is 4.45. The summed E-state index contributed by atoms with van der Waals surface area (Å²) in [5, 5.41) is -0.184. The van der Waals surface area contributed by atoms with Gasteiger partial charge in [0.2, 0.25) is 10.0 Å². The lowest BCUT2D eigenvalue weighted by atomic mass is 10.2. The second-order valence-electron chi connectivity index (χ2n) is 4.99. The molecule has 0 heterocycles. The van der Waals surface area contributed by atoms with Gasteiger partial charge in [0.15, 0.2) is 0 Å². The van der Waals surface area contributed by atoms with Crippen molar-refractivity contribution in [2.75, 3.05) is 6.54 Å². The molecule has 0 aromatic heterocycles. The summed E-state index contributed by atoms with van der Waals surface area (Å²) in [6.45, 7) is -0.0904. The van der Waals surface area contributed by atoms with Crippen molar-refractivity contribution < 1.29 is 21.6 Å². The molecule has 0 amide bonds. The number of sulfonamides is 1. The highest BCUT2D eigenvalue weighted by Gasteiger charge is 2.38. The highest BCUT2D eigenvalue weighted by molar-refractivity contribution is 7.89. The van der Waals surface area contributed by atoms with Gasteiger partial charge in [0.1, 0.15) is 0 Å². The van der Waals surface area contributed by atoms with E-state index in [0.717, 1.165) is 25.0 Å². The minimum absolute atomic E-state index is 0.0904. The molecule has 3 N–H and O–H groups in total. The maximum atomic E-state index is 12.9. The van der Waals surface area contributed by atoms with Crippen molar-refractivity contribution in [3.8, 4) is 0 Å². The van der Waals surface area contributed by atoms with E-state index in [0.29, 0.717) is 6.07 Å². The van der Waals surface area contributed by atoms with Gasteiger partial charge in [-0.15, -0.1) is 0 Å². The van der Waals surface area contributed by atoms with Crippen LogP contribution in [0.1, 0.15) is 18.4 Å². The van der Waals surface area contributed by atoms with Gasteiger partial charge in [0.05, 0.1) is 10.5 Å². The molecule has 118 valence electrons. The van der Waals surface area contributed by atoms with Gasteiger partial charge in [-0.1, -0.05) is 11.6 Å². The van der Waals surface area contributed by atoms with Crippen LogP contribution in [0.4, 0.5) is 13.2 Å². The lowest BCUT2D eigenvalue weighted by Crippen LogP contribution is -2.39. The molecule has 1 fully saturated rings. The van der Waals surface area contributed by atoms with Gasteiger partial charge in [-0.2, -0.15) is 13.2 Å². The third-order valence-electron chi connectivity index (χ3n) is 3.27. The van der Waals surface area contributed by atoms with Crippen molar-refractivity contribution in [3.05, 3.63) is 28.8 Å². The van der Waals surface area contributed by atoms with E-state index in [9.17, 15) is 21.6 Å². The Morgan fingerprint density at radius 1 is 1.38 bits per heavy atom. The van der Waals surface area contributed by atoms with Crippen LogP contribution in [0.5, 0.6) is 0 Å². The zero-order chi connectivity index (χ0) is 15.8. The average Bonchev–Trinajstić information content (AvgIpc) is 3.19. The first-order chi connectivity index (χ1) is 9.61. The molecule has 21 heavy (non-hydrogen) atoms. The molecular weight excluding hydrogens is 329 g/mol. The van der Waals surface area contributed by atoms with Crippen LogP contribution in [0.15, 0.2) is 23.1 Å². The van der Waals surface area contributed by atoms with E-state index in [1.165, 1.54) is 0 Å². The second kappa shape index (κ2) is 5.75. The van der Waals surface area contributed by atoms with Crippen LogP contribution in [-0.4, -0.2) is 21.0 Å². The van der Waals surface area contributed by atoms with E-state index in [2.05, 4.69) is 4.72 Å². The SMILES string of the molecule is NC(CNS(=O)(=O)c1ccc(Cl)cc1C(F)(F)F)C1CC1. The van der Waals surface area contributed by atoms with Crippen LogP contribution in [0.2, 0.25) is 5.02 Å². The summed E-state index contributed by atoms with van der Waals surface area (Å²) in [5.74, 6) is 0.236. The normalized spacial score (nSPS) is 17.8. The smallest absolute Gasteiger partial charge is 0.326 e. The number of nitrogens with one attached hydrogen (secondary N) is 1.